The number of hydrogen-bond acceptors (Lipinski definition) is 7. The number of aromatic nitrogens is 3. The number of anilines is 2. The molecule has 30 heavy (non-hydrogen) atoms. The van der Waals surface area contributed by atoms with Crippen molar-refractivity contribution in [1.29, 1.82) is 0 Å². The van der Waals surface area contributed by atoms with Gasteiger partial charge in [0.15, 0.2) is 0 Å². The monoisotopic (exact) mass is 404 g/mol. The van der Waals surface area contributed by atoms with Gasteiger partial charge in [0.05, 0.1) is 18.7 Å². The van der Waals surface area contributed by atoms with Crippen LogP contribution in [0.1, 0.15) is 25.7 Å². The molecule has 7 nitrogen and oxygen atoms in total. The Morgan fingerprint density at radius 2 is 1.73 bits per heavy atom. The normalized spacial score (nSPS) is 22.8. The smallest absolute Gasteiger partial charge is 0.137 e. The van der Waals surface area contributed by atoms with E-state index in [-0.39, 0.29) is 0 Å². The molecule has 1 saturated heterocycles. The van der Waals surface area contributed by atoms with Crippen LogP contribution in [0, 0.1) is 0 Å². The van der Waals surface area contributed by atoms with Crippen molar-refractivity contribution in [3.05, 3.63) is 42.9 Å². The number of nitrogens with two attached hydrogens (primary N) is 1. The van der Waals surface area contributed by atoms with Crippen LogP contribution in [0.15, 0.2) is 42.9 Å². The van der Waals surface area contributed by atoms with Crippen LogP contribution in [0.25, 0.3) is 22.0 Å². The molecule has 1 saturated carbocycles. The van der Waals surface area contributed by atoms with Gasteiger partial charge in [0.2, 0.25) is 0 Å². The molecule has 1 aliphatic heterocycles. The van der Waals surface area contributed by atoms with Gasteiger partial charge in [-0.2, -0.15) is 0 Å². The Kier molecular flexibility index (Phi) is 5.46. The number of nitrogens with zero attached hydrogens (tertiary/aromatic N) is 4. The number of morpholine rings is 1. The summed E-state index contributed by atoms with van der Waals surface area (Å²) in [7, 11) is 0. The van der Waals surface area contributed by atoms with Crippen LogP contribution in [-0.2, 0) is 4.74 Å². The third-order valence-corrected chi connectivity index (χ3v) is 6.35. The molecule has 156 valence electrons. The van der Waals surface area contributed by atoms with Crippen molar-refractivity contribution in [3.63, 3.8) is 0 Å². The molecule has 1 aliphatic carbocycles. The van der Waals surface area contributed by atoms with Crippen molar-refractivity contribution in [2.45, 2.75) is 37.8 Å². The van der Waals surface area contributed by atoms with Crippen molar-refractivity contribution < 1.29 is 4.74 Å². The first-order valence-corrected chi connectivity index (χ1v) is 10.8. The van der Waals surface area contributed by atoms with Crippen LogP contribution in [0.4, 0.5) is 11.6 Å². The largest absolute Gasteiger partial charge is 0.384 e. The highest BCUT2D eigenvalue weighted by atomic mass is 16.5. The van der Waals surface area contributed by atoms with Gasteiger partial charge < -0.3 is 15.8 Å². The summed E-state index contributed by atoms with van der Waals surface area (Å²) in [5.74, 6) is 1.44. The Labute approximate surface area is 176 Å². The minimum Gasteiger partial charge on any atom is -0.384 e. The van der Waals surface area contributed by atoms with Crippen molar-refractivity contribution in [2.75, 3.05) is 37.4 Å². The summed E-state index contributed by atoms with van der Waals surface area (Å²) >= 11 is 0. The zero-order valence-corrected chi connectivity index (χ0v) is 17.1. The second kappa shape index (κ2) is 8.53. The van der Waals surface area contributed by atoms with Gasteiger partial charge in [-0.25, -0.2) is 15.0 Å². The lowest BCUT2D eigenvalue weighted by Crippen LogP contribution is -2.46. The maximum Gasteiger partial charge on any atom is 0.137 e. The van der Waals surface area contributed by atoms with E-state index in [1.54, 1.807) is 12.5 Å². The van der Waals surface area contributed by atoms with Gasteiger partial charge in [-0.05, 0) is 61.1 Å². The van der Waals surface area contributed by atoms with Gasteiger partial charge in [0.1, 0.15) is 18.0 Å². The molecule has 1 aromatic carbocycles. The molecule has 0 spiro atoms. The van der Waals surface area contributed by atoms with E-state index in [1.165, 1.54) is 12.8 Å². The second-order valence-corrected chi connectivity index (χ2v) is 8.22. The van der Waals surface area contributed by atoms with Gasteiger partial charge in [-0.3, -0.25) is 4.90 Å². The lowest BCUT2D eigenvalue weighted by molar-refractivity contribution is 0.00791. The first-order valence-electron chi connectivity index (χ1n) is 10.8. The SMILES string of the molecule is Nc1cc(-c2ccc3ncnc(NC4CCC(N5CCOCC5)CC4)c3c2)ccn1. The number of nitrogen functional groups attached to an aromatic ring is 1. The van der Waals surface area contributed by atoms with Crippen molar-refractivity contribution >= 4 is 22.5 Å². The molecule has 3 aromatic rings. The number of hydrogen-bond donors (Lipinski definition) is 2. The fourth-order valence-corrected chi connectivity index (χ4v) is 4.70. The molecule has 3 heterocycles. The zero-order chi connectivity index (χ0) is 20.3. The predicted molar refractivity (Wildman–Crippen MR) is 119 cm³/mol. The Morgan fingerprint density at radius 3 is 2.53 bits per heavy atom. The Hall–Kier alpha value is -2.77. The van der Waals surface area contributed by atoms with Crippen LogP contribution in [0.2, 0.25) is 0 Å². The van der Waals surface area contributed by atoms with Gasteiger partial charge >= 0.3 is 0 Å². The van der Waals surface area contributed by atoms with E-state index in [0.29, 0.717) is 17.9 Å². The van der Waals surface area contributed by atoms with E-state index in [4.69, 9.17) is 10.5 Å². The molecular weight excluding hydrogens is 376 g/mol. The highest BCUT2D eigenvalue weighted by Gasteiger charge is 2.27. The minimum atomic E-state index is 0.445. The minimum absolute atomic E-state index is 0.445. The third kappa shape index (κ3) is 4.08. The highest BCUT2D eigenvalue weighted by molar-refractivity contribution is 5.92. The van der Waals surface area contributed by atoms with Gasteiger partial charge in [-0.1, -0.05) is 6.07 Å². The molecule has 0 atom stereocenters. The van der Waals surface area contributed by atoms with E-state index < -0.39 is 0 Å². The topological polar surface area (TPSA) is 89.2 Å². The summed E-state index contributed by atoms with van der Waals surface area (Å²) in [6.07, 6.45) is 8.16. The number of nitrogens with one attached hydrogen (secondary N) is 1. The molecule has 7 heteroatoms. The summed E-state index contributed by atoms with van der Waals surface area (Å²) < 4.78 is 5.50. The van der Waals surface area contributed by atoms with Crippen molar-refractivity contribution in [1.82, 2.24) is 19.9 Å². The predicted octanol–water partition coefficient (Wildman–Crippen LogP) is 3.33. The summed E-state index contributed by atoms with van der Waals surface area (Å²) in [6, 6.07) is 11.3. The van der Waals surface area contributed by atoms with Gasteiger partial charge in [-0.15, -0.1) is 0 Å². The third-order valence-electron chi connectivity index (χ3n) is 6.35. The lowest BCUT2D eigenvalue weighted by Gasteiger charge is -2.39. The van der Waals surface area contributed by atoms with Gasteiger partial charge in [0.25, 0.3) is 0 Å². The second-order valence-electron chi connectivity index (χ2n) is 8.22. The number of pyridine rings is 1. The maximum absolute atomic E-state index is 5.87. The standard InChI is InChI=1S/C23H28N6O/c24-22-14-17(7-8-25-22)16-1-6-21-20(13-16)23(27-15-26-21)28-18-2-4-19(5-3-18)29-9-11-30-12-10-29/h1,6-8,13-15,18-19H,2-5,9-12H2,(H2,24,25)(H,26,27,28). The zero-order valence-electron chi connectivity index (χ0n) is 17.1. The van der Waals surface area contributed by atoms with Crippen LogP contribution in [0.5, 0.6) is 0 Å². The summed E-state index contributed by atoms with van der Waals surface area (Å²) in [6.45, 7) is 3.89. The maximum atomic E-state index is 5.87. The molecule has 3 N–H and O–H groups in total. The molecule has 2 fully saturated rings. The fraction of sp³-hybridized carbons (Fsp3) is 0.435. The van der Waals surface area contributed by atoms with Crippen molar-refractivity contribution in [3.8, 4) is 11.1 Å². The molecule has 5 rings (SSSR count). The number of benzene rings is 1. The Morgan fingerprint density at radius 1 is 0.933 bits per heavy atom. The average Bonchev–Trinajstić information content (AvgIpc) is 2.80. The quantitative estimate of drug-likeness (QED) is 0.689. The van der Waals surface area contributed by atoms with E-state index in [0.717, 1.165) is 67.0 Å². The lowest BCUT2D eigenvalue weighted by atomic mass is 9.90. The first kappa shape index (κ1) is 19.2. The van der Waals surface area contributed by atoms with E-state index in [2.05, 4.69) is 37.3 Å². The van der Waals surface area contributed by atoms with Gasteiger partial charge in [0, 0.05) is 36.8 Å². The van der Waals surface area contributed by atoms with E-state index in [9.17, 15) is 0 Å². The number of fused-ring (bicyclic) bond motifs is 1. The van der Waals surface area contributed by atoms with Crippen LogP contribution in [0.3, 0.4) is 0 Å². The molecule has 2 aliphatic rings. The molecule has 0 amide bonds. The first-order chi connectivity index (χ1) is 14.8. The molecule has 0 bridgehead atoms. The Bertz CT molecular complexity index is 1010. The van der Waals surface area contributed by atoms with Crippen LogP contribution in [-0.4, -0.2) is 58.2 Å². The van der Waals surface area contributed by atoms with E-state index in [1.807, 2.05) is 18.2 Å². The van der Waals surface area contributed by atoms with Crippen LogP contribution < -0.4 is 11.1 Å². The van der Waals surface area contributed by atoms with Crippen molar-refractivity contribution in [2.24, 2.45) is 0 Å². The average molecular weight is 405 g/mol. The Balaban J connectivity index is 1.32. The summed E-state index contributed by atoms with van der Waals surface area (Å²) in [5, 5.41) is 4.75. The highest BCUT2D eigenvalue weighted by Crippen LogP contribution is 2.30. The van der Waals surface area contributed by atoms with Crippen LogP contribution >= 0.6 is 0 Å². The summed E-state index contributed by atoms with van der Waals surface area (Å²) in [4.78, 5) is 15.7. The molecule has 0 radical (unpaired) electrons. The molecule has 2 aromatic heterocycles. The molecule has 0 unspecified atom stereocenters. The van der Waals surface area contributed by atoms with E-state index >= 15 is 0 Å². The number of rotatable bonds is 4. The molecular formula is C23H28N6O. The summed E-state index contributed by atoms with van der Waals surface area (Å²) in [5.41, 5.74) is 8.95. The number of ether oxygens (including phenoxy) is 1. The fourth-order valence-electron chi connectivity index (χ4n) is 4.70.